The normalized spacial score (nSPS) is 11.7. The summed E-state index contributed by atoms with van der Waals surface area (Å²) in [5, 5.41) is 22.0. The van der Waals surface area contributed by atoms with Crippen LogP contribution in [0, 0.1) is 5.92 Å². The highest BCUT2D eigenvalue weighted by molar-refractivity contribution is 5.96. The molecule has 0 aliphatic heterocycles. The van der Waals surface area contributed by atoms with Gasteiger partial charge in [0.15, 0.2) is 5.78 Å². The fourth-order valence-electron chi connectivity index (χ4n) is 3.69. The Morgan fingerprint density at radius 2 is 1.59 bits per heavy atom. The van der Waals surface area contributed by atoms with Crippen molar-refractivity contribution < 1.29 is 19.4 Å². The van der Waals surface area contributed by atoms with E-state index in [2.05, 4.69) is 43.2 Å². The molecule has 0 aliphatic rings. The van der Waals surface area contributed by atoms with Gasteiger partial charge < -0.3 is 19.9 Å². The summed E-state index contributed by atoms with van der Waals surface area (Å²) in [5.41, 5.74) is 2.80. The highest BCUT2D eigenvalue weighted by atomic mass is 16.5. The monoisotopic (exact) mass is 511 g/mol. The van der Waals surface area contributed by atoms with Gasteiger partial charge in [-0.2, -0.15) is 5.11 Å². The number of azo groups is 1. The molecule has 37 heavy (non-hydrogen) atoms. The van der Waals surface area contributed by atoms with Crippen molar-refractivity contribution in [3.8, 4) is 5.75 Å². The highest BCUT2D eigenvalue weighted by Gasteiger charge is 2.07. The van der Waals surface area contributed by atoms with E-state index in [4.69, 9.17) is 9.47 Å². The predicted molar refractivity (Wildman–Crippen MR) is 149 cm³/mol. The van der Waals surface area contributed by atoms with Crippen LogP contribution < -0.4 is 5.32 Å². The van der Waals surface area contributed by atoms with E-state index in [9.17, 15) is 9.90 Å². The van der Waals surface area contributed by atoms with Crippen molar-refractivity contribution in [1.82, 2.24) is 5.32 Å². The van der Waals surface area contributed by atoms with Crippen molar-refractivity contribution in [3.05, 3.63) is 53.6 Å². The van der Waals surface area contributed by atoms with E-state index in [0.29, 0.717) is 49.2 Å². The standard InChI is InChI=1S/C30H45N3O4/c1-23(2)8-7-19-37-21-20-36-18-6-5-9-29(34)26-11-13-27(14-12-26)32-33-28-22-25(10-15-30(28)35)16-17-31-24(3)4/h10-15,22-24,31,35H,5-9,16-21H2,1-4H3. The number of benzene rings is 2. The fourth-order valence-corrected chi connectivity index (χ4v) is 3.69. The van der Waals surface area contributed by atoms with E-state index < -0.39 is 0 Å². The van der Waals surface area contributed by atoms with Crippen LogP contribution in [0.25, 0.3) is 0 Å². The van der Waals surface area contributed by atoms with E-state index in [1.807, 2.05) is 12.1 Å². The number of ketones is 1. The van der Waals surface area contributed by atoms with Crippen molar-refractivity contribution in [2.24, 2.45) is 16.1 Å². The van der Waals surface area contributed by atoms with Crippen LogP contribution in [0.1, 0.15) is 75.7 Å². The third-order valence-electron chi connectivity index (χ3n) is 5.85. The summed E-state index contributed by atoms with van der Waals surface area (Å²) < 4.78 is 11.2. The number of aromatic hydroxyl groups is 1. The number of Topliss-reactive ketones (excluding diaryl/α,β-unsaturated/α-hetero) is 1. The molecule has 0 fully saturated rings. The minimum atomic E-state index is 0.0919. The molecule has 0 spiro atoms. The molecule has 0 bridgehead atoms. The van der Waals surface area contributed by atoms with Crippen molar-refractivity contribution in [3.63, 3.8) is 0 Å². The lowest BCUT2D eigenvalue weighted by Gasteiger charge is -2.08. The average molecular weight is 512 g/mol. The number of rotatable bonds is 19. The molecular formula is C30H45N3O4. The first-order valence-corrected chi connectivity index (χ1v) is 13.6. The second kappa shape index (κ2) is 17.8. The van der Waals surface area contributed by atoms with Gasteiger partial charge in [-0.1, -0.05) is 33.8 Å². The van der Waals surface area contributed by atoms with Gasteiger partial charge in [0.1, 0.15) is 11.4 Å². The zero-order valence-corrected chi connectivity index (χ0v) is 23.0. The van der Waals surface area contributed by atoms with Crippen LogP contribution in [0.2, 0.25) is 0 Å². The molecule has 2 rings (SSSR count). The van der Waals surface area contributed by atoms with Gasteiger partial charge in [-0.3, -0.25) is 4.79 Å². The Bertz CT molecular complexity index is 942. The van der Waals surface area contributed by atoms with Gasteiger partial charge in [-0.15, -0.1) is 5.11 Å². The van der Waals surface area contributed by atoms with Crippen LogP contribution >= 0.6 is 0 Å². The molecule has 204 valence electrons. The smallest absolute Gasteiger partial charge is 0.162 e. The molecule has 0 aliphatic carbocycles. The SMILES string of the molecule is CC(C)CCCOCCOCCCCC(=O)c1ccc(N=Nc2cc(CCNC(C)C)ccc2O)cc1. The third-order valence-corrected chi connectivity index (χ3v) is 5.85. The fraction of sp³-hybridized carbons (Fsp3) is 0.567. The first kappa shape index (κ1) is 30.6. The molecule has 0 unspecified atom stereocenters. The maximum Gasteiger partial charge on any atom is 0.162 e. The molecule has 7 heteroatoms. The number of phenolic OH excluding ortho intramolecular Hbond substituents is 1. The Hall–Kier alpha value is -2.61. The quantitative estimate of drug-likeness (QED) is 0.118. The van der Waals surface area contributed by atoms with Gasteiger partial charge in [0.05, 0.1) is 18.9 Å². The first-order chi connectivity index (χ1) is 17.8. The van der Waals surface area contributed by atoms with E-state index in [-0.39, 0.29) is 11.5 Å². The Morgan fingerprint density at radius 1 is 0.892 bits per heavy atom. The lowest BCUT2D eigenvalue weighted by molar-refractivity contribution is 0.0442. The van der Waals surface area contributed by atoms with Crippen LogP contribution in [0.3, 0.4) is 0 Å². The number of hydrogen-bond donors (Lipinski definition) is 2. The molecule has 0 heterocycles. The molecule has 7 nitrogen and oxygen atoms in total. The van der Waals surface area contributed by atoms with E-state index >= 15 is 0 Å². The van der Waals surface area contributed by atoms with Crippen molar-refractivity contribution in [2.45, 2.75) is 72.3 Å². The molecule has 0 radical (unpaired) electrons. The number of carbonyl (C=O) groups is 1. The van der Waals surface area contributed by atoms with Gasteiger partial charge >= 0.3 is 0 Å². The zero-order valence-electron chi connectivity index (χ0n) is 23.0. The Morgan fingerprint density at radius 3 is 2.27 bits per heavy atom. The minimum absolute atomic E-state index is 0.0919. The summed E-state index contributed by atoms with van der Waals surface area (Å²) >= 11 is 0. The highest BCUT2D eigenvalue weighted by Crippen LogP contribution is 2.29. The molecule has 0 saturated carbocycles. The van der Waals surface area contributed by atoms with Crippen LogP contribution in [-0.2, 0) is 15.9 Å². The van der Waals surface area contributed by atoms with E-state index in [1.165, 1.54) is 6.42 Å². The second-order valence-corrected chi connectivity index (χ2v) is 10.1. The zero-order chi connectivity index (χ0) is 26.9. The van der Waals surface area contributed by atoms with E-state index in [1.54, 1.807) is 30.3 Å². The number of nitrogens with zero attached hydrogens (tertiary/aromatic N) is 2. The van der Waals surface area contributed by atoms with Gasteiger partial charge in [0.2, 0.25) is 0 Å². The molecule has 2 aromatic carbocycles. The maximum absolute atomic E-state index is 12.5. The Kier molecular flexibility index (Phi) is 14.7. The molecule has 0 amide bonds. The summed E-state index contributed by atoms with van der Waals surface area (Å²) in [7, 11) is 0. The summed E-state index contributed by atoms with van der Waals surface area (Å²) in [5.74, 6) is 0.920. The first-order valence-electron chi connectivity index (χ1n) is 13.6. The second-order valence-electron chi connectivity index (χ2n) is 10.1. The van der Waals surface area contributed by atoms with Crippen molar-refractivity contribution in [2.75, 3.05) is 33.0 Å². The van der Waals surface area contributed by atoms with Gasteiger partial charge in [0, 0.05) is 31.2 Å². The summed E-state index contributed by atoms with van der Waals surface area (Å²) in [6, 6.07) is 12.9. The van der Waals surface area contributed by atoms with Gasteiger partial charge in [-0.05, 0) is 86.5 Å². The molecule has 0 atom stereocenters. The van der Waals surface area contributed by atoms with Gasteiger partial charge in [0.25, 0.3) is 0 Å². The minimum Gasteiger partial charge on any atom is -0.506 e. The number of phenols is 1. The third kappa shape index (κ3) is 13.5. The molecule has 2 N–H and O–H groups in total. The Labute approximate surface area is 222 Å². The van der Waals surface area contributed by atoms with E-state index in [0.717, 1.165) is 50.3 Å². The van der Waals surface area contributed by atoms with Gasteiger partial charge in [-0.25, -0.2) is 0 Å². The van der Waals surface area contributed by atoms with Crippen LogP contribution in [-0.4, -0.2) is 49.9 Å². The summed E-state index contributed by atoms with van der Waals surface area (Å²) in [6.45, 7) is 12.2. The van der Waals surface area contributed by atoms with Crippen LogP contribution in [0.15, 0.2) is 52.7 Å². The molecule has 0 saturated heterocycles. The lowest BCUT2D eigenvalue weighted by Crippen LogP contribution is -2.24. The summed E-state index contributed by atoms with van der Waals surface area (Å²) in [6.07, 6.45) is 5.26. The number of ether oxygens (including phenoxy) is 2. The average Bonchev–Trinajstić information content (AvgIpc) is 2.87. The number of carbonyl (C=O) groups excluding carboxylic acids is 1. The molecular weight excluding hydrogens is 466 g/mol. The maximum atomic E-state index is 12.5. The Balaban J connectivity index is 1.67. The molecule has 2 aromatic rings. The van der Waals surface area contributed by atoms with Crippen LogP contribution in [0.5, 0.6) is 5.75 Å². The largest absolute Gasteiger partial charge is 0.506 e. The number of nitrogens with one attached hydrogen (secondary N) is 1. The number of unbranched alkanes of at least 4 members (excludes halogenated alkanes) is 1. The topological polar surface area (TPSA) is 92.5 Å². The molecule has 0 aromatic heterocycles. The van der Waals surface area contributed by atoms with Crippen LogP contribution in [0.4, 0.5) is 11.4 Å². The van der Waals surface area contributed by atoms with Crippen molar-refractivity contribution >= 4 is 17.2 Å². The lowest BCUT2D eigenvalue weighted by atomic mass is 10.1. The predicted octanol–water partition coefficient (Wildman–Crippen LogP) is 7.17. The number of hydrogen-bond acceptors (Lipinski definition) is 7. The summed E-state index contributed by atoms with van der Waals surface area (Å²) in [4.78, 5) is 12.5. The van der Waals surface area contributed by atoms with Crippen molar-refractivity contribution in [1.29, 1.82) is 0 Å².